The average molecular weight is 352 g/mol. The van der Waals surface area contributed by atoms with Crippen LogP contribution in [0.5, 0.6) is 0 Å². The van der Waals surface area contributed by atoms with Gasteiger partial charge in [0.2, 0.25) is 0 Å². The van der Waals surface area contributed by atoms with Crippen LogP contribution in [0.4, 0.5) is 13.2 Å². The van der Waals surface area contributed by atoms with Crippen LogP contribution < -0.4 is 0 Å². The third kappa shape index (κ3) is 3.16. The van der Waals surface area contributed by atoms with E-state index in [2.05, 4.69) is 20.4 Å². The van der Waals surface area contributed by atoms with Crippen LogP contribution in [-0.4, -0.2) is 20.4 Å². The number of halogens is 4. The summed E-state index contributed by atoms with van der Waals surface area (Å²) in [6.45, 7) is 0. The molecule has 5 nitrogen and oxygen atoms in total. The largest absolute Gasteiger partial charge is 0.433 e. The van der Waals surface area contributed by atoms with Crippen molar-refractivity contribution in [3.8, 4) is 6.07 Å². The summed E-state index contributed by atoms with van der Waals surface area (Å²) in [5.41, 5.74) is 0.694. The Morgan fingerprint density at radius 1 is 1.29 bits per heavy atom. The predicted molar refractivity (Wildman–Crippen MR) is 79.6 cm³/mol. The Morgan fingerprint density at radius 2 is 2.08 bits per heavy atom. The van der Waals surface area contributed by atoms with Crippen LogP contribution >= 0.6 is 11.6 Å². The number of nitriles is 1. The Morgan fingerprint density at radius 3 is 2.71 bits per heavy atom. The molecule has 2 aromatic heterocycles. The minimum atomic E-state index is -4.48. The first-order chi connectivity index (χ1) is 11.4. The molecule has 2 aromatic rings. The van der Waals surface area contributed by atoms with Crippen molar-refractivity contribution in [3.05, 3.63) is 58.2 Å². The number of aromatic nitrogens is 4. The average Bonchev–Trinajstić information content (AvgIpc) is 3.02. The number of pyridine rings is 1. The van der Waals surface area contributed by atoms with E-state index in [0.717, 1.165) is 6.07 Å². The molecule has 0 saturated carbocycles. The molecule has 0 fully saturated rings. The standard InChI is InChI=1S/C15H9ClF3N5/c16-11-4-9(8-1-2-13(21-7-8)15(17,18)19)3-10(5-11)14-12(6-20)22-24-23-14/h1-3,5,7,9H,4H2,(H,22,23,24). The molecule has 0 radical (unpaired) electrons. The number of H-pyrrole nitrogens is 1. The molecule has 122 valence electrons. The summed E-state index contributed by atoms with van der Waals surface area (Å²) >= 11 is 6.15. The highest BCUT2D eigenvalue weighted by Gasteiger charge is 2.32. The molecule has 0 amide bonds. The Hall–Kier alpha value is -2.66. The highest BCUT2D eigenvalue weighted by atomic mass is 35.5. The van der Waals surface area contributed by atoms with Crippen LogP contribution in [0.1, 0.15) is 35.0 Å². The maximum absolute atomic E-state index is 12.6. The van der Waals surface area contributed by atoms with E-state index in [0.29, 0.717) is 28.3 Å². The molecule has 0 aliphatic heterocycles. The molecule has 3 rings (SSSR count). The second kappa shape index (κ2) is 6.09. The Bertz CT molecular complexity index is 858. The summed E-state index contributed by atoms with van der Waals surface area (Å²) in [6.07, 6.45) is 0.581. The molecule has 0 spiro atoms. The molecule has 1 unspecified atom stereocenters. The van der Waals surface area contributed by atoms with Gasteiger partial charge in [-0.3, -0.25) is 4.98 Å². The van der Waals surface area contributed by atoms with E-state index in [9.17, 15) is 13.2 Å². The van der Waals surface area contributed by atoms with E-state index in [1.54, 1.807) is 12.2 Å². The fourth-order valence-corrected chi connectivity index (χ4v) is 2.71. The van der Waals surface area contributed by atoms with Gasteiger partial charge in [0.25, 0.3) is 0 Å². The molecule has 0 saturated heterocycles. The SMILES string of the molecule is N#Cc1n[nH]nc1C1=CC(c2ccc(C(F)(F)F)nc2)CC(Cl)=C1. The normalized spacial score (nSPS) is 17.9. The second-order valence-corrected chi connectivity index (χ2v) is 5.62. The summed E-state index contributed by atoms with van der Waals surface area (Å²) in [6, 6.07) is 4.22. The van der Waals surface area contributed by atoms with Gasteiger partial charge in [-0.15, -0.1) is 5.10 Å². The van der Waals surface area contributed by atoms with Crippen molar-refractivity contribution >= 4 is 17.2 Å². The number of hydrogen-bond acceptors (Lipinski definition) is 4. The van der Waals surface area contributed by atoms with Gasteiger partial charge in [-0.05, 0) is 24.1 Å². The number of hydrogen-bond donors (Lipinski definition) is 1. The summed E-state index contributed by atoms with van der Waals surface area (Å²) in [5.74, 6) is -0.268. The van der Waals surface area contributed by atoms with Crippen LogP contribution in [0.2, 0.25) is 0 Å². The zero-order chi connectivity index (χ0) is 17.3. The van der Waals surface area contributed by atoms with Crippen LogP contribution in [0.3, 0.4) is 0 Å². The molecule has 1 N–H and O–H groups in total. The molecular formula is C15H9ClF3N5. The third-order valence-corrected chi connectivity index (χ3v) is 3.80. The highest BCUT2D eigenvalue weighted by Crippen LogP contribution is 2.37. The van der Waals surface area contributed by atoms with E-state index in [4.69, 9.17) is 16.9 Å². The number of alkyl halides is 3. The fraction of sp³-hybridized carbons (Fsp3) is 0.200. The van der Waals surface area contributed by atoms with Crippen LogP contribution in [-0.2, 0) is 6.18 Å². The zero-order valence-electron chi connectivity index (χ0n) is 12.0. The van der Waals surface area contributed by atoms with Crippen molar-refractivity contribution in [2.45, 2.75) is 18.5 Å². The summed E-state index contributed by atoms with van der Waals surface area (Å²) in [5, 5.41) is 19.5. The lowest BCUT2D eigenvalue weighted by atomic mass is 9.89. The predicted octanol–water partition coefficient (Wildman–Crippen LogP) is 3.78. The minimum absolute atomic E-state index is 0.119. The number of aromatic amines is 1. The molecule has 1 aliphatic rings. The van der Waals surface area contributed by atoms with Gasteiger partial charge in [-0.25, -0.2) is 0 Å². The summed E-state index contributed by atoms with van der Waals surface area (Å²) in [4.78, 5) is 3.47. The van der Waals surface area contributed by atoms with Gasteiger partial charge in [0, 0.05) is 22.7 Å². The molecule has 9 heteroatoms. The topological polar surface area (TPSA) is 78.2 Å². The quantitative estimate of drug-likeness (QED) is 0.893. The van der Waals surface area contributed by atoms with Gasteiger partial charge in [0.05, 0.1) is 0 Å². The lowest BCUT2D eigenvalue weighted by Crippen LogP contribution is -2.09. The third-order valence-electron chi connectivity index (χ3n) is 3.54. The lowest BCUT2D eigenvalue weighted by molar-refractivity contribution is -0.141. The van der Waals surface area contributed by atoms with Crippen molar-refractivity contribution in [2.75, 3.05) is 0 Å². The fourth-order valence-electron chi connectivity index (χ4n) is 2.43. The summed E-state index contributed by atoms with van der Waals surface area (Å²) < 4.78 is 37.8. The number of nitrogens with zero attached hydrogens (tertiary/aromatic N) is 4. The maximum Gasteiger partial charge on any atom is 0.433 e. The molecule has 2 heterocycles. The van der Waals surface area contributed by atoms with Crippen molar-refractivity contribution in [2.24, 2.45) is 0 Å². The number of nitrogens with one attached hydrogen (secondary N) is 1. The van der Waals surface area contributed by atoms with Crippen LogP contribution in [0, 0.1) is 11.3 Å². The zero-order valence-corrected chi connectivity index (χ0v) is 12.7. The molecule has 1 atom stereocenters. The second-order valence-electron chi connectivity index (χ2n) is 5.13. The Labute approximate surface area is 139 Å². The number of rotatable bonds is 2. The van der Waals surface area contributed by atoms with Gasteiger partial charge >= 0.3 is 6.18 Å². The smallest absolute Gasteiger partial charge is 0.251 e. The van der Waals surface area contributed by atoms with E-state index in [-0.39, 0.29) is 11.6 Å². The number of allylic oxidation sites excluding steroid dienone is 4. The summed E-state index contributed by atoms with van der Waals surface area (Å²) in [7, 11) is 0. The van der Waals surface area contributed by atoms with Gasteiger partial charge in [-0.1, -0.05) is 23.7 Å². The first-order valence-electron chi connectivity index (χ1n) is 6.80. The van der Waals surface area contributed by atoms with Crippen molar-refractivity contribution in [3.63, 3.8) is 0 Å². The monoisotopic (exact) mass is 351 g/mol. The molecular weight excluding hydrogens is 343 g/mol. The molecule has 0 aromatic carbocycles. The molecule has 0 bridgehead atoms. The van der Waals surface area contributed by atoms with Crippen molar-refractivity contribution < 1.29 is 13.2 Å². The van der Waals surface area contributed by atoms with Gasteiger partial charge in [0.15, 0.2) is 5.69 Å². The van der Waals surface area contributed by atoms with Crippen LogP contribution in [0.25, 0.3) is 5.57 Å². The first kappa shape index (κ1) is 16.2. The van der Waals surface area contributed by atoms with E-state index in [1.807, 2.05) is 6.07 Å². The van der Waals surface area contributed by atoms with Gasteiger partial charge in [-0.2, -0.15) is 28.7 Å². The molecule has 1 aliphatic carbocycles. The van der Waals surface area contributed by atoms with Gasteiger partial charge in [0.1, 0.15) is 17.5 Å². The highest BCUT2D eigenvalue weighted by molar-refractivity contribution is 6.30. The van der Waals surface area contributed by atoms with E-state index >= 15 is 0 Å². The lowest BCUT2D eigenvalue weighted by Gasteiger charge is -2.19. The Kier molecular flexibility index (Phi) is 4.11. The van der Waals surface area contributed by atoms with E-state index in [1.165, 1.54) is 12.3 Å². The Balaban J connectivity index is 1.95. The van der Waals surface area contributed by atoms with Crippen LogP contribution in [0.15, 0.2) is 35.5 Å². The molecule has 24 heavy (non-hydrogen) atoms. The van der Waals surface area contributed by atoms with Crippen molar-refractivity contribution in [1.82, 2.24) is 20.4 Å². The van der Waals surface area contributed by atoms with E-state index < -0.39 is 11.9 Å². The maximum atomic E-state index is 12.6. The van der Waals surface area contributed by atoms with Crippen molar-refractivity contribution in [1.29, 1.82) is 5.26 Å². The minimum Gasteiger partial charge on any atom is -0.251 e. The van der Waals surface area contributed by atoms with Gasteiger partial charge < -0.3 is 0 Å². The first-order valence-corrected chi connectivity index (χ1v) is 7.18.